The van der Waals surface area contributed by atoms with E-state index in [0.717, 1.165) is 40.7 Å². The van der Waals surface area contributed by atoms with E-state index in [-0.39, 0.29) is 43.6 Å². The number of carbonyl (C=O) groups is 2. The van der Waals surface area contributed by atoms with Crippen LogP contribution in [0.1, 0.15) is 57.1 Å². The van der Waals surface area contributed by atoms with Crippen molar-refractivity contribution in [1.29, 1.82) is 0 Å². The predicted molar refractivity (Wildman–Crippen MR) is 235 cm³/mol. The maximum Gasteiger partial charge on any atom is 0.368 e. The molecule has 0 spiro atoms. The van der Waals surface area contributed by atoms with Crippen molar-refractivity contribution in [2.24, 2.45) is 11.7 Å². The molecule has 308 valence electrons. The maximum atomic E-state index is 15.1. The molecule has 1 aliphatic rings. The van der Waals surface area contributed by atoms with E-state index in [1.807, 2.05) is 143 Å². The van der Waals surface area contributed by atoms with Gasteiger partial charge in [-0.3, -0.25) is 9.36 Å². The van der Waals surface area contributed by atoms with Gasteiger partial charge in [-0.15, -0.1) is 0 Å². The zero-order chi connectivity index (χ0) is 41.7. The van der Waals surface area contributed by atoms with Gasteiger partial charge in [-0.05, 0) is 82.8 Å². The first kappa shape index (κ1) is 42.1. The quantitative estimate of drug-likeness (QED) is 0.0815. The van der Waals surface area contributed by atoms with Gasteiger partial charge in [-0.2, -0.15) is 0 Å². The number of nitrogens with zero attached hydrogens (tertiary/aromatic N) is 2. The Morgan fingerprint density at radius 3 is 1.65 bits per heavy atom. The lowest BCUT2D eigenvalue weighted by Gasteiger charge is -2.51. The average Bonchev–Trinajstić information content (AvgIpc) is 3.29. The van der Waals surface area contributed by atoms with Crippen molar-refractivity contribution in [3.8, 4) is 5.75 Å². The average molecular weight is 822 g/mol. The summed E-state index contributed by atoms with van der Waals surface area (Å²) in [6.07, 6.45) is 1.96. The fourth-order valence-corrected chi connectivity index (χ4v) is 9.10. The van der Waals surface area contributed by atoms with Gasteiger partial charge >= 0.3 is 13.6 Å². The van der Waals surface area contributed by atoms with Crippen molar-refractivity contribution < 1.29 is 27.9 Å². The normalized spacial score (nSPS) is 16.8. The standard InChI is InChI=1S/C50H52N3O6P/c1-38-47(29-28-39-16-6-2-7-17-39)52(33-43-24-14-26-45(30-43)49(51)54)50(55)53(48(38)32-40-18-8-3-9-19-40)34-44-25-15-27-46(31-44)57-37-60(56,58-35-41-20-10-4-11-21-41)59-36-42-22-12-5-13-23-42/h2-27,30-31,38,47-48H,28-29,32-37H2,1H3,(H2,51,54)/t38-,47-,48-/m1/s1. The molecule has 3 atom stereocenters. The molecule has 6 aromatic rings. The fraction of sp³-hybridized carbons (Fsp3) is 0.240. The second-order valence-corrected chi connectivity index (χ2v) is 17.4. The summed E-state index contributed by atoms with van der Waals surface area (Å²) in [6, 6.07) is 54.2. The monoisotopic (exact) mass is 821 g/mol. The molecular formula is C50H52N3O6P. The van der Waals surface area contributed by atoms with Gasteiger partial charge in [0.05, 0.1) is 13.2 Å². The van der Waals surface area contributed by atoms with Crippen molar-refractivity contribution in [2.75, 3.05) is 6.35 Å². The Morgan fingerprint density at radius 2 is 1.08 bits per heavy atom. The summed E-state index contributed by atoms with van der Waals surface area (Å²) in [5.41, 5.74) is 11.9. The fourth-order valence-electron chi connectivity index (χ4n) is 7.88. The molecule has 1 heterocycles. The molecule has 0 unspecified atom stereocenters. The predicted octanol–water partition coefficient (Wildman–Crippen LogP) is 10.4. The minimum atomic E-state index is -3.74. The Balaban J connectivity index is 1.15. The summed E-state index contributed by atoms with van der Waals surface area (Å²) in [7, 11) is -3.74. The van der Waals surface area contributed by atoms with Crippen LogP contribution in [0.4, 0.5) is 4.79 Å². The van der Waals surface area contributed by atoms with Gasteiger partial charge in [0.2, 0.25) is 5.91 Å². The van der Waals surface area contributed by atoms with Crippen LogP contribution in [-0.2, 0) is 52.8 Å². The molecule has 2 N–H and O–H groups in total. The Bertz CT molecular complexity index is 2300. The first-order valence-corrected chi connectivity index (χ1v) is 22.2. The van der Waals surface area contributed by atoms with E-state index < -0.39 is 13.5 Å². The smallest absolute Gasteiger partial charge is 0.368 e. The lowest BCUT2D eigenvalue weighted by molar-refractivity contribution is 0.0185. The summed E-state index contributed by atoms with van der Waals surface area (Å²) >= 11 is 0. The number of benzene rings is 6. The minimum absolute atomic E-state index is 0.0692. The van der Waals surface area contributed by atoms with E-state index in [0.29, 0.717) is 30.8 Å². The molecule has 9 nitrogen and oxygen atoms in total. The van der Waals surface area contributed by atoms with Crippen LogP contribution in [0.25, 0.3) is 0 Å². The Morgan fingerprint density at radius 1 is 0.600 bits per heavy atom. The molecule has 10 heteroatoms. The highest BCUT2D eigenvalue weighted by atomic mass is 31.2. The first-order valence-electron chi connectivity index (χ1n) is 20.4. The van der Waals surface area contributed by atoms with Crippen LogP contribution in [0.15, 0.2) is 170 Å². The van der Waals surface area contributed by atoms with Gasteiger partial charge in [0.15, 0.2) is 6.35 Å². The molecule has 0 aromatic heterocycles. The third-order valence-electron chi connectivity index (χ3n) is 11.1. The third-order valence-corrected chi connectivity index (χ3v) is 12.6. The van der Waals surface area contributed by atoms with Gasteiger partial charge in [0, 0.05) is 30.7 Å². The van der Waals surface area contributed by atoms with E-state index in [1.54, 1.807) is 12.1 Å². The van der Waals surface area contributed by atoms with Crippen molar-refractivity contribution >= 4 is 19.5 Å². The number of urea groups is 1. The van der Waals surface area contributed by atoms with E-state index in [2.05, 4.69) is 31.2 Å². The highest BCUT2D eigenvalue weighted by molar-refractivity contribution is 7.53. The van der Waals surface area contributed by atoms with E-state index in [4.69, 9.17) is 19.5 Å². The number of rotatable bonds is 19. The molecule has 1 fully saturated rings. The molecule has 1 saturated heterocycles. The molecule has 3 amide bonds. The lowest BCUT2D eigenvalue weighted by Crippen LogP contribution is -2.62. The third kappa shape index (κ3) is 11.4. The van der Waals surface area contributed by atoms with Crippen molar-refractivity contribution in [2.45, 2.75) is 64.6 Å². The second-order valence-electron chi connectivity index (χ2n) is 15.4. The molecule has 0 saturated carbocycles. The van der Waals surface area contributed by atoms with E-state index in [1.165, 1.54) is 5.56 Å². The minimum Gasteiger partial charge on any atom is -0.481 e. The van der Waals surface area contributed by atoms with Crippen molar-refractivity contribution in [3.63, 3.8) is 0 Å². The number of amides is 3. The number of carbonyl (C=O) groups excluding carboxylic acids is 2. The number of primary amides is 1. The molecule has 0 radical (unpaired) electrons. The highest BCUT2D eigenvalue weighted by Gasteiger charge is 2.44. The zero-order valence-corrected chi connectivity index (χ0v) is 34.8. The van der Waals surface area contributed by atoms with Crippen molar-refractivity contribution in [3.05, 3.63) is 209 Å². The Kier molecular flexibility index (Phi) is 14.3. The summed E-state index contributed by atoms with van der Waals surface area (Å²) in [4.78, 5) is 31.2. The number of hydrogen-bond acceptors (Lipinski definition) is 6. The summed E-state index contributed by atoms with van der Waals surface area (Å²) in [5.74, 6) is 0.0430. The molecule has 0 bridgehead atoms. The number of nitrogens with two attached hydrogens (primary N) is 1. The van der Waals surface area contributed by atoms with Crippen LogP contribution in [0, 0.1) is 5.92 Å². The summed E-state index contributed by atoms with van der Waals surface area (Å²) in [5, 5.41) is 0. The maximum absolute atomic E-state index is 15.1. The molecule has 7 rings (SSSR count). The van der Waals surface area contributed by atoms with Gasteiger partial charge in [-0.1, -0.05) is 153 Å². The first-order chi connectivity index (χ1) is 29.2. The Labute approximate surface area is 353 Å². The van der Waals surface area contributed by atoms with Crippen molar-refractivity contribution in [1.82, 2.24) is 9.80 Å². The lowest BCUT2D eigenvalue weighted by atomic mass is 9.82. The second kappa shape index (κ2) is 20.3. The van der Waals surface area contributed by atoms with Crippen LogP contribution in [0.5, 0.6) is 5.75 Å². The molecular weight excluding hydrogens is 770 g/mol. The van der Waals surface area contributed by atoms with Gasteiger partial charge in [0.1, 0.15) is 5.75 Å². The number of ether oxygens (including phenoxy) is 1. The molecule has 6 aromatic carbocycles. The largest absolute Gasteiger partial charge is 0.481 e. The van der Waals surface area contributed by atoms with Crippen LogP contribution in [0.3, 0.4) is 0 Å². The summed E-state index contributed by atoms with van der Waals surface area (Å²) < 4.78 is 32.3. The van der Waals surface area contributed by atoms with Gasteiger partial charge in [-0.25, -0.2) is 4.79 Å². The van der Waals surface area contributed by atoms with E-state index >= 15 is 4.79 Å². The Hall–Kier alpha value is -5.99. The highest BCUT2D eigenvalue weighted by Crippen LogP contribution is 2.50. The van der Waals surface area contributed by atoms with E-state index in [9.17, 15) is 9.36 Å². The zero-order valence-electron chi connectivity index (χ0n) is 33.9. The SMILES string of the molecule is C[C@@H]1[C@@H](CCc2ccccc2)N(Cc2cccc(C(N)=O)c2)C(=O)N(Cc2cccc(OCP(=O)(OCc3ccccc3)OCc3ccccc3)c2)[C@@H]1Cc1ccccc1. The molecule has 0 aliphatic carbocycles. The molecule has 60 heavy (non-hydrogen) atoms. The van der Waals surface area contributed by atoms with Crippen LogP contribution < -0.4 is 10.5 Å². The van der Waals surface area contributed by atoms with Crippen LogP contribution >= 0.6 is 7.60 Å². The number of aryl methyl sites for hydroxylation is 1. The van der Waals surface area contributed by atoms with Crippen LogP contribution in [-0.4, -0.2) is 40.2 Å². The topological polar surface area (TPSA) is 111 Å². The van der Waals surface area contributed by atoms with Gasteiger partial charge in [0.25, 0.3) is 0 Å². The summed E-state index contributed by atoms with van der Waals surface area (Å²) in [6.45, 7) is 3.09. The number of hydrogen-bond donors (Lipinski definition) is 1. The van der Waals surface area contributed by atoms with Gasteiger partial charge < -0.3 is 29.3 Å². The van der Waals surface area contributed by atoms with Crippen LogP contribution in [0.2, 0.25) is 0 Å². The molecule has 1 aliphatic heterocycles.